The molecule has 560 valence electrons. The van der Waals surface area contributed by atoms with E-state index in [4.69, 9.17) is 70.4 Å². The van der Waals surface area contributed by atoms with Crippen LogP contribution in [0.1, 0.15) is 104 Å². The number of phosphoric ester groups is 1. The van der Waals surface area contributed by atoms with E-state index in [2.05, 4.69) is 30.3 Å². The molecule has 106 heavy (non-hydrogen) atoms. The third kappa shape index (κ3) is 25.6. The summed E-state index contributed by atoms with van der Waals surface area (Å²) in [5.41, 5.74) is 7.20. The van der Waals surface area contributed by atoms with E-state index in [-0.39, 0.29) is 97.5 Å². The summed E-state index contributed by atoms with van der Waals surface area (Å²) >= 11 is 0. The van der Waals surface area contributed by atoms with Gasteiger partial charge >= 0.3 is 13.8 Å². The lowest BCUT2D eigenvalue weighted by Gasteiger charge is -2.35. The van der Waals surface area contributed by atoms with Crippen molar-refractivity contribution in [2.24, 2.45) is 0 Å². The molecule has 0 radical (unpaired) electrons. The van der Waals surface area contributed by atoms with Crippen molar-refractivity contribution in [3.63, 3.8) is 0 Å². The van der Waals surface area contributed by atoms with Crippen LogP contribution in [0.15, 0.2) is 255 Å². The van der Waals surface area contributed by atoms with Crippen LogP contribution in [0.5, 0.6) is 0 Å². The summed E-state index contributed by atoms with van der Waals surface area (Å²) in [6.07, 6.45) is -8.14. The van der Waals surface area contributed by atoms with Crippen molar-refractivity contribution >= 4 is 30.3 Å². The SMILES string of the molecule is CC[C@H]1O[C@@H](OCC(OCc2ccccc2)C(OCc2ccccc2)C(COP(=O)(OCc2ccccc2)O[C@@H]2C[C@H](OCC(OCc3ccccc3)C(OCc3ccccc3)C(COCc3ccc4ccccc4c3)OCc3ccccc3)O[C@@H]2CC)OCc2ccccc2)C[C@H]1OC(=O)CCC(C)=O. The number of carbonyl (C=O) groups excluding carboxylic acids is 2. The van der Waals surface area contributed by atoms with Crippen molar-refractivity contribution in [1.29, 1.82) is 0 Å². The average Bonchev–Trinajstić information content (AvgIpc) is 1.46. The minimum Gasteiger partial charge on any atom is -0.459 e. The van der Waals surface area contributed by atoms with E-state index in [1.54, 1.807) is 0 Å². The van der Waals surface area contributed by atoms with E-state index in [1.165, 1.54) is 6.92 Å². The number of phosphoric acid groups is 1. The summed E-state index contributed by atoms with van der Waals surface area (Å²) in [5.74, 6) is -0.590. The lowest BCUT2D eigenvalue weighted by molar-refractivity contribution is -0.205. The number of ether oxygens (including phenoxy) is 12. The maximum absolute atomic E-state index is 16.1. The van der Waals surface area contributed by atoms with Gasteiger partial charge in [0.15, 0.2) is 12.6 Å². The van der Waals surface area contributed by atoms with Crippen LogP contribution in [0, 0.1) is 0 Å². The topological polar surface area (TPSA) is 190 Å². The van der Waals surface area contributed by atoms with Gasteiger partial charge in [0.05, 0.1) is 97.9 Å². The molecular formula is C87H99O18P. The zero-order valence-corrected chi connectivity index (χ0v) is 61.6. The lowest BCUT2D eigenvalue weighted by Crippen LogP contribution is -2.47. The molecule has 2 heterocycles. The molecule has 18 nitrogen and oxygen atoms in total. The number of esters is 1. The summed E-state index contributed by atoms with van der Waals surface area (Å²) in [6.45, 7) is 6.21. The zero-order valence-electron chi connectivity index (χ0n) is 60.7. The standard InChI is InChI=1S/C87H99O18P/c1-4-75-77(102-83(89)48-45-64(3)88)50-84(103-75)96-62-81(94-55-67-33-17-8-18-34-67)87(99-58-70-39-23-11-24-40-70)82(95-56-68-35-19-9-20-36-68)63-101-106(90,100-59-71-41-25-12-26-42-71)105-78-51-85(104-76(78)5-2)97-61-80(93-54-66-31-15-7-16-32-66)86(98-57-69-37-21-10-22-38-69)79(92-53-65-29-13-6-14-30-65)60-91-52-72-46-47-73-43-27-28-44-74(73)49-72/h6-44,46-47,49,75-82,84-87H,4-5,45,48,50-63H2,1-3H3/t75-,76-,77-,78-,79?,80?,81?,82?,84-,85-,86?,87?,106?/m1/s1. The predicted molar refractivity (Wildman–Crippen MR) is 402 cm³/mol. The summed E-state index contributed by atoms with van der Waals surface area (Å²) in [6, 6.07) is 83.0. The number of ketones is 1. The Hall–Kier alpha value is -7.95. The number of Topliss-reactive ketones (excluding diaryl/α,β-unsaturated/α-hetero) is 1. The average molecular weight is 1460 g/mol. The second-order valence-corrected chi connectivity index (χ2v) is 28.2. The van der Waals surface area contributed by atoms with Crippen LogP contribution in [-0.2, 0) is 137 Å². The minimum atomic E-state index is -4.67. The first-order valence-corrected chi connectivity index (χ1v) is 38.3. The number of fused-ring (bicyclic) bond motifs is 1. The van der Waals surface area contributed by atoms with Crippen LogP contribution in [0.3, 0.4) is 0 Å². The van der Waals surface area contributed by atoms with E-state index < -0.39 is 94.0 Å². The van der Waals surface area contributed by atoms with E-state index in [0.717, 1.165) is 55.3 Å². The molecule has 0 amide bonds. The van der Waals surface area contributed by atoms with Gasteiger partial charge in [0, 0.05) is 19.3 Å². The molecule has 11 rings (SSSR count). The highest BCUT2D eigenvalue weighted by atomic mass is 31.2. The fourth-order valence-electron chi connectivity index (χ4n) is 12.7. The van der Waals surface area contributed by atoms with E-state index in [0.29, 0.717) is 19.4 Å². The fourth-order valence-corrected chi connectivity index (χ4v) is 14.1. The monoisotopic (exact) mass is 1460 g/mol. The Labute approximate surface area is 623 Å². The smallest absolute Gasteiger partial charge is 0.459 e. The number of hydrogen-bond acceptors (Lipinski definition) is 18. The summed E-state index contributed by atoms with van der Waals surface area (Å²) < 4.78 is 117. The fraction of sp³-hybridized carbons (Fsp3) is 0.379. The van der Waals surface area contributed by atoms with E-state index in [1.807, 2.05) is 238 Å². The van der Waals surface area contributed by atoms with Gasteiger partial charge in [-0.1, -0.05) is 263 Å². The molecule has 0 aliphatic carbocycles. The number of benzene rings is 9. The molecule has 0 aromatic heterocycles. The third-order valence-corrected chi connectivity index (χ3v) is 20.0. The zero-order chi connectivity index (χ0) is 73.4. The number of hydrogen-bond donors (Lipinski definition) is 0. The van der Waals surface area contributed by atoms with Crippen LogP contribution in [0.2, 0.25) is 0 Å². The molecule has 0 bridgehead atoms. The number of carbonyl (C=O) groups is 2. The quantitative estimate of drug-likeness (QED) is 0.0258. The Morgan fingerprint density at radius 1 is 0.387 bits per heavy atom. The minimum absolute atomic E-state index is 0.0288. The third-order valence-electron chi connectivity index (χ3n) is 18.5. The van der Waals surface area contributed by atoms with Crippen LogP contribution in [0.4, 0.5) is 0 Å². The van der Waals surface area contributed by atoms with Crippen LogP contribution < -0.4 is 0 Å². The van der Waals surface area contributed by atoms with E-state index in [9.17, 15) is 9.59 Å². The molecule has 7 unspecified atom stereocenters. The first kappa shape index (κ1) is 79.1. The van der Waals surface area contributed by atoms with Crippen molar-refractivity contribution in [3.8, 4) is 0 Å². The molecule has 2 fully saturated rings. The summed E-state index contributed by atoms with van der Waals surface area (Å²) in [7, 11) is -4.67. The molecule has 0 saturated carbocycles. The second-order valence-electron chi connectivity index (χ2n) is 26.6. The van der Waals surface area contributed by atoms with Gasteiger partial charge in [-0.2, -0.15) is 0 Å². The van der Waals surface area contributed by atoms with Gasteiger partial charge in [0.2, 0.25) is 0 Å². The largest absolute Gasteiger partial charge is 0.475 e. The maximum Gasteiger partial charge on any atom is 0.475 e. The molecule has 19 heteroatoms. The predicted octanol–water partition coefficient (Wildman–Crippen LogP) is 17.0. The van der Waals surface area contributed by atoms with Crippen LogP contribution >= 0.6 is 7.82 Å². The lowest BCUT2D eigenvalue weighted by atomic mass is 10.1. The van der Waals surface area contributed by atoms with Gasteiger partial charge in [-0.15, -0.1) is 0 Å². The van der Waals surface area contributed by atoms with Crippen LogP contribution in [-0.4, -0.2) is 112 Å². The highest BCUT2D eigenvalue weighted by molar-refractivity contribution is 7.48. The molecule has 2 aliphatic heterocycles. The van der Waals surface area contributed by atoms with Crippen LogP contribution in [0.25, 0.3) is 10.8 Å². The molecule has 9 aromatic carbocycles. The molecule has 2 aliphatic rings. The van der Waals surface area contributed by atoms with Crippen molar-refractivity contribution in [2.75, 3.05) is 26.4 Å². The Kier molecular flexibility index (Phi) is 31.8. The molecule has 0 N–H and O–H groups in total. The molecule has 0 spiro atoms. The first-order valence-electron chi connectivity index (χ1n) is 36.8. The summed E-state index contributed by atoms with van der Waals surface area (Å²) in [4.78, 5) is 24.8. The Morgan fingerprint density at radius 3 is 1.18 bits per heavy atom. The Bertz CT molecular complexity index is 4020. The number of rotatable bonds is 46. The second kappa shape index (κ2) is 42.6. The maximum atomic E-state index is 16.1. The normalized spacial score (nSPS) is 19.6. The highest BCUT2D eigenvalue weighted by Gasteiger charge is 2.45. The van der Waals surface area contributed by atoms with E-state index >= 15 is 4.57 Å². The molecular weight excluding hydrogens is 1360 g/mol. The molecule has 13 atom stereocenters. The van der Waals surface area contributed by atoms with Gasteiger partial charge in [-0.3, -0.25) is 18.4 Å². The molecule has 9 aromatic rings. The summed E-state index contributed by atoms with van der Waals surface area (Å²) in [5, 5.41) is 2.26. The Balaban J connectivity index is 0.870. The van der Waals surface area contributed by atoms with Crippen molar-refractivity contribution in [1.82, 2.24) is 0 Å². The van der Waals surface area contributed by atoms with Crippen molar-refractivity contribution in [3.05, 3.63) is 299 Å². The van der Waals surface area contributed by atoms with Gasteiger partial charge in [0.1, 0.15) is 54.6 Å². The van der Waals surface area contributed by atoms with Crippen molar-refractivity contribution < 1.29 is 84.6 Å². The van der Waals surface area contributed by atoms with Gasteiger partial charge in [-0.05, 0) is 81.1 Å². The Morgan fingerprint density at radius 2 is 0.755 bits per heavy atom. The first-order chi connectivity index (χ1) is 52.0. The van der Waals surface area contributed by atoms with Gasteiger partial charge < -0.3 is 61.6 Å². The highest BCUT2D eigenvalue weighted by Crippen LogP contribution is 2.54. The van der Waals surface area contributed by atoms with Crippen molar-refractivity contribution in [2.45, 2.75) is 186 Å². The molecule has 2 saturated heterocycles. The van der Waals surface area contributed by atoms with Gasteiger partial charge in [-0.25, -0.2) is 4.57 Å². The van der Waals surface area contributed by atoms with Gasteiger partial charge in [0.25, 0.3) is 0 Å².